The Kier molecular flexibility index (Phi) is 7.01. The summed E-state index contributed by atoms with van der Waals surface area (Å²) >= 11 is 0. The zero-order valence-corrected chi connectivity index (χ0v) is 25.2. The first-order valence-electron chi connectivity index (χ1n) is 16.1. The molecule has 2 bridgehead atoms. The van der Waals surface area contributed by atoms with Crippen molar-refractivity contribution >= 4 is 32.4 Å². The van der Waals surface area contributed by atoms with Crippen LogP contribution in [-0.2, 0) is 17.9 Å². The minimum atomic E-state index is -0.0575. The minimum absolute atomic E-state index is 0.0575. The molecule has 9 rings (SSSR count). The Balaban J connectivity index is 1.30. The summed E-state index contributed by atoms with van der Waals surface area (Å²) in [5.41, 5.74) is 4.97. The first-order valence-corrected chi connectivity index (χ1v) is 16.1. The Bertz CT molecular complexity index is 1910. The normalized spacial score (nSPS) is 23.7. The van der Waals surface area contributed by atoms with Crippen molar-refractivity contribution < 1.29 is 9.22 Å². The fraction of sp³-hybridized carbons (Fsp3) is 0.244. The summed E-state index contributed by atoms with van der Waals surface area (Å²) in [6.07, 6.45) is 6.53. The lowest BCUT2D eigenvalue weighted by atomic mass is 9.70. The fourth-order valence-electron chi connectivity index (χ4n) is 8.49. The third-order valence-electron chi connectivity index (χ3n) is 10.6. The summed E-state index contributed by atoms with van der Waals surface area (Å²) in [5.74, 6) is 1.16. The largest absolute Gasteiger partial charge is 0.363 e. The molecule has 6 aromatic rings. The molecule has 3 saturated heterocycles. The maximum Gasteiger partial charge on any atom is 0.135 e. The Labute approximate surface area is 260 Å². The van der Waals surface area contributed by atoms with E-state index in [1.807, 2.05) is 6.20 Å². The molecule has 5 atom stereocenters. The van der Waals surface area contributed by atoms with Crippen LogP contribution in [0.4, 0.5) is 0 Å². The SMILES string of the molecule is C=C[C@H]1C[N+]2(Cc3c4ccccc4cc4ccccc34)CCC1C[C@@H]2[C@@H](OCc1ccccc1)c1ccnc2ccccc12. The zero-order chi connectivity index (χ0) is 29.5. The molecule has 0 saturated carbocycles. The zero-order valence-electron chi connectivity index (χ0n) is 25.2. The number of ether oxygens (including phenoxy) is 1. The van der Waals surface area contributed by atoms with Crippen molar-refractivity contribution in [1.29, 1.82) is 0 Å². The topological polar surface area (TPSA) is 22.1 Å². The summed E-state index contributed by atoms with van der Waals surface area (Å²) in [7, 11) is 0. The third kappa shape index (κ3) is 4.72. The van der Waals surface area contributed by atoms with Gasteiger partial charge in [-0.3, -0.25) is 4.98 Å². The van der Waals surface area contributed by atoms with Crippen LogP contribution in [0.2, 0.25) is 0 Å². The summed E-state index contributed by atoms with van der Waals surface area (Å²) in [6.45, 7) is 8.17. The van der Waals surface area contributed by atoms with Crippen molar-refractivity contribution in [3.05, 3.63) is 151 Å². The molecule has 0 aliphatic carbocycles. The van der Waals surface area contributed by atoms with Crippen molar-refractivity contribution in [1.82, 2.24) is 4.98 Å². The summed E-state index contributed by atoms with van der Waals surface area (Å²) in [4.78, 5) is 4.74. The van der Waals surface area contributed by atoms with Gasteiger partial charge < -0.3 is 9.22 Å². The van der Waals surface area contributed by atoms with Crippen LogP contribution >= 0.6 is 0 Å². The molecule has 0 N–H and O–H groups in total. The van der Waals surface area contributed by atoms with E-state index in [1.54, 1.807) is 0 Å². The molecule has 4 heterocycles. The van der Waals surface area contributed by atoms with Gasteiger partial charge in [-0.25, -0.2) is 0 Å². The second-order valence-corrected chi connectivity index (χ2v) is 13.0. The third-order valence-corrected chi connectivity index (χ3v) is 10.6. The van der Waals surface area contributed by atoms with Gasteiger partial charge in [-0.15, -0.1) is 6.58 Å². The van der Waals surface area contributed by atoms with E-state index in [4.69, 9.17) is 9.72 Å². The van der Waals surface area contributed by atoms with Gasteiger partial charge in [-0.1, -0.05) is 103 Å². The molecule has 2 unspecified atom stereocenters. The van der Waals surface area contributed by atoms with Crippen LogP contribution in [0.3, 0.4) is 0 Å². The molecule has 5 aromatic carbocycles. The van der Waals surface area contributed by atoms with Crippen molar-refractivity contribution in [2.24, 2.45) is 11.8 Å². The lowest BCUT2D eigenvalue weighted by Crippen LogP contribution is -2.67. The van der Waals surface area contributed by atoms with E-state index in [-0.39, 0.29) is 6.10 Å². The maximum absolute atomic E-state index is 7.15. The second-order valence-electron chi connectivity index (χ2n) is 13.0. The highest BCUT2D eigenvalue weighted by molar-refractivity contribution is 6.02. The number of fused-ring (bicyclic) bond motifs is 6. The van der Waals surface area contributed by atoms with Gasteiger partial charge in [-0.05, 0) is 56.8 Å². The van der Waals surface area contributed by atoms with Gasteiger partial charge in [0.15, 0.2) is 0 Å². The van der Waals surface area contributed by atoms with E-state index >= 15 is 0 Å². The van der Waals surface area contributed by atoms with Crippen LogP contribution in [-0.4, -0.2) is 28.6 Å². The van der Waals surface area contributed by atoms with Crippen LogP contribution < -0.4 is 0 Å². The predicted octanol–water partition coefficient (Wildman–Crippen LogP) is 9.41. The van der Waals surface area contributed by atoms with E-state index < -0.39 is 0 Å². The lowest BCUT2D eigenvalue weighted by Gasteiger charge is -2.58. The van der Waals surface area contributed by atoms with Gasteiger partial charge in [0.25, 0.3) is 0 Å². The van der Waals surface area contributed by atoms with Gasteiger partial charge in [-0.2, -0.15) is 0 Å². The van der Waals surface area contributed by atoms with Gasteiger partial charge in [0.05, 0.1) is 25.2 Å². The summed E-state index contributed by atoms with van der Waals surface area (Å²) in [6, 6.07) is 42.0. The average molecular weight is 576 g/mol. The smallest absolute Gasteiger partial charge is 0.135 e. The molecule has 1 aromatic heterocycles. The van der Waals surface area contributed by atoms with Crippen LogP contribution in [0.1, 0.15) is 35.6 Å². The van der Waals surface area contributed by atoms with Crippen molar-refractivity contribution in [2.75, 3.05) is 13.1 Å². The summed E-state index contributed by atoms with van der Waals surface area (Å²) in [5, 5.41) is 6.58. The van der Waals surface area contributed by atoms with Crippen molar-refractivity contribution in [3.63, 3.8) is 0 Å². The number of rotatable bonds is 8. The number of aromatic nitrogens is 1. The van der Waals surface area contributed by atoms with E-state index in [9.17, 15) is 0 Å². The molecule has 218 valence electrons. The van der Waals surface area contributed by atoms with E-state index in [1.165, 1.54) is 50.0 Å². The standard InChI is InChI=1S/C41H39N2O/c1-2-30-26-43(27-38-34-16-8-6-14-32(34)24-33-15-7-9-17-35(33)38)23-21-31(30)25-40(43)41(44-28-29-12-4-3-5-13-29)37-20-22-42-39-19-11-10-18-36(37)39/h2-20,22,24,30-31,40-41H,1,21,23,25-28H2/q+1/t30-,31?,40+,41-,43?/m0/s1. The molecule has 3 fully saturated rings. The fourth-order valence-corrected chi connectivity index (χ4v) is 8.49. The lowest BCUT2D eigenvalue weighted by molar-refractivity contribution is -0.984. The number of hydrogen-bond acceptors (Lipinski definition) is 2. The first kappa shape index (κ1) is 27.3. The van der Waals surface area contributed by atoms with Crippen LogP contribution in [0.25, 0.3) is 32.4 Å². The van der Waals surface area contributed by atoms with Crippen LogP contribution in [0.5, 0.6) is 0 Å². The van der Waals surface area contributed by atoms with Gasteiger partial charge in [0, 0.05) is 35.9 Å². The Morgan fingerprint density at radius 2 is 1.50 bits per heavy atom. The molecule has 3 aliphatic heterocycles. The number of nitrogens with zero attached hydrogens (tertiary/aromatic N) is 2. The monoisotopic (exact) mass is 575 g/mol. The summed E-state index contributed by atoms with van der Waals surface area (Å²) < 4.78 is 8.17. The molecule has 0 spiro atoms. The van der Waals surface area contributed by atoms with Crippen molar-refractivity contribution in [3.8, 4) is 0 Å². The number of quaternary nitrogens is 1. The Hall–Kier alpha value is -4.31. The molecular weight excluding hydrogens is 536 g/mol. The first-order chi connectivity index (χ1) is 21.7. The molecule has 3 aliphatic rings. The van der Waals surface area contributed by atoms with E-state index in [0.717, 1.165) is 36.1 Å². The van der Waals surface area contributed by atoms with E-state index in [0.29, 0.717) is 24.5 Å². The molecule has 0 amide bonds. The molecule has 3 heteroatoms. The van der Waals surface area contributed by atoms with E-state index in [2.05, 4.69) is 128 Å². The molecule has 0 radical (unpaired) electrons. The highest BCUT2D eigenvalue weighted by Crippen LogP contribution is 2.50. The number of benzene rings is 5. The van der Waals surface area contributed by atoms with Crippen LogP contribution in [0, 0.1) is 11.8 Å². The molecular formula is C41H39N2O+. The number of hydrogen-bond donors (Lipinski definition) is 0. The van der Waals surface area contributed by atoms with Crippen molar-refractivity contribution in [2.45, 2.75) is 38.1 Å². The highest BCUT2D eigenvalue weighted by Gasteiger charge is 2.55. The average Bonchev–Trinajstić information content (AvgIpc) is 3.09. The minimum Gasteiger partial charge on any atom is -0.363 e. The highest BCUT2D eigenvalue weighted by atomic mass is 16.5. The number of pyridine rings is 1. The Morgan fingerprint density at radius 3 is 2.25 bits per heavy atom. The molecule has 3 nitrogen and oxygen atoms in total. The van der Waals surface area contributed by atoms with Gasteiger partial charge in [0.1, 0.15) is 18.7 Å². The van der Waals surface area contributed by atoms with Gasteiger partial charge >= 0.3 is 0 Å². The van der Waals surface area contributed by atoms with Gasteiger partial charge in [0.2, 0.25) is 0 Å². The predicted molar refractivity (Wildman–Crippen MR) is 181 cm³/mol. The van der Waals surface area contributed by atoms with Crippen LogP contribution in [0.15, 0.2) is 134 Å². The number of para-hydroxylation sites is 1. The Morgan fingerprint density at radius 1 is 0.818 bits per heavy atom. The second kappa shape index (κ2) is 11.3. The number of piperidine rings is 3. The maximum atomic E-state index is 7.15. The molecule has 44 heavy (non-hydrogen) atoms. The quantitative estimate of drug-likeness (QED) is 0.102.